The largest absolute Gasteiger partial charge is 0.379 e. The highest BCUT2D eigenvalue weighted by Gasteiger charge is 2.31. The van der Waals surface area contributed by atoms with E-state index in [0.717, 1.165) is 39.0 Å². The summed E-state index contributed by atoms with van der Waals surface area (Å²) in [5.41, 5.74) is 6.33. The Morgan fingerprint density at radius 3 is 2.50 bits per heavy atom. The van der Waals surface area contributed by atoms with Crippen molar-refractivity contribution in [2.45, 2.75) is 51.1 Å². The summed E-state index contributed by atoms with van der Waals surface area (Å²) in [4.78, 5) is 0. The molecule has 1 heterocycles. The van der Waals surface area contributed by atoms with Gasteiger partial charge in [-0.15, -0.1) is 0 Å². The second-order valence-corrected chi connectivity index (χ2v) is 4.79. The van der Waals surface area contributed by atoms with Gasteiger partial charge >= 0.3 is 0 Å². The molecule has 1 fully saturated rings. The predicted octanol–water partition coefficient (Wildman–Crippen LogP) is 1.27. The Balaban J connectivity index is 2.38. The van der Waals surface area contributed by atoms with Crippen LogP contribution >= 0.6 is 0 Å². The van der Waals surface area contributed by atoms with Crippen molar-refractivity contribution in [2.24, 2.45) is 5.73 Å². The van der Waals surface area contributed by atoms with E-state index in [4.69, 9.17) is 10.5 Å². The van der Waals surface area contributed by atoms with Crippen molar-refractivity contribution in [1.29, 1.82) is 0 Å². The molecule has 3 nitrogen and oxygen atoms in total. The summed E-state index contributed by atoms with van der Waals surface area (Å²) in [5, 5.41) is 3.55. The first-order chi connectivity index (χ1) is 6.54. The summed E-state index contributed by atoms with van der Waals surface area (Å²) >= 11 is 0. The molecule has 1 aliphatic heterocycles. The molecule has 3 heteroatoms. The quantitative estimate of drug-likeness (QED) is 0.702. The zero-order chi connectivity index (χ0) is 10.7. The van der Waals surface area contributed by atoms with E-state index in [9.17, 15) is 0 Å². The summed E-state index contributed by atoms with van der Waals surface area (Å²) in [5.74, 6) is 0. The van der Waals surface area contributed by atoms with Crippen molar-refractivity contribution in [3.05, 3.63) is 0 Å². The molecule has 1 atom stereocenters. The van der Waals surface area contributed by atoms with Crippen molar-refractivity contribution < 1.29 is 4.74 Å². The Labute approximate surface area is 87.4 Å². The third-order valence-corrected chi connectivity index (χ3v) is 3.49. The molecule has 0 saturated carbocycles. The maximum atomic E-state index is 6.23. The summed E-state index contributed by atoms with van der Waals surface area (Å²) in [6.07, 6.45) is 3.14. The van der Waals surface area contributed by atoms with Crippen molar-refractivity contribution in [1.82, 2.24) is 5.32 Å². The lowest BCUT2D eigenvalue weighted by atomic mass is 9.92. The number of nitrogens with two attached hydrogens (primary N) is 1. The first-order valence-corrected chi connectivity index (χ1v) is 5.65. The Morgan fingerprint density at radius 1 is 1.43 bits per heavy atom. The van der Waals surface area contributed by atoms with Gasteiger partial charge < -0.3 is 15.8 Å². The molecule has 0 bridgehead atoms. The van der Waals surface area contributed by atoms with Gasteiger partial charge in [-0.1, -0.05) is 13.8 Å². The fourth-order valence-electron chi connectivity index (χ4n) is 1.70. The summed E-state index contributed by atoms with van der Waals surface area (Å²) in [7, 11) is 0. The van der Waals surface area contributed by atoms with Gasteiger partial charge in [0, 0.05) is 24.2 Å². The maximum Gasteiger partial charge on any atom is 0.0646 e. The standard InChI is InChI=1S/C11H24N2O/c1-4-11(12,5-2)8-13-10(3)6-7-14-9-10/h13H,4-9,12H2,1-3H3. The minimum absolute atomic E-state index is 0.0500. The Kier molecular flexibility index (Phi) is 3.93. The van der Waals surface area contributed by atoms with Crippen molar-refractivity contribution in [2.75, 3.05) is 19.8 Å². The molecule has 0 radical (unpaired) electrons. The molecule has 14 heavy (non-hydrogen) atoms. The highest BCUT2D eigenvalue weighted by atomic mass is 16.5. The van der Waals surface area contributed by atoms with Gasteiger partial charge in [0.15, 0.2) is 0 Å². The van der Waals surface area contributed by atoms with E-state index < -0.39 is 0 Å². The van der Waals surface area contributed by atoms with Gasteiger partial charge in [0.25, 0.3) is 0 Å². The van der Waals surface area contributed by atoms with Crippen LogP contribution in [-0.2, 0) is 4.74 Å². The van der Waals surface area contributed by atoms with E-state index in [1.807, 2.05) is 0 Å². The van der Waals surface area contributed by atoms with Crippen LogP contribution in [-0.4, -0.2) is 30.8 Å². The van der Waals surface area contributed by atoms with Crippen LogP contribution in [0.15, 0.2) is 0 Å². The van der Waals surface area contributed by atoms with E-state index in [2.05, 4.69) is 26.1 Å². The van der Waals surface area contributed by atoms with Gasteiger partial charge in [-0.3, -0.25) is 0 Å². The van der Waals surface area contributed by atoms with Gasteiger partial charge in [0.2, 0.25) is 0 Å². The molecule has 1 aliphatic rings. The van der Waals surface area contributed by atoms with Gasteiger partial charge in [-0.05, 0) is 26.2 Å². The molecular weight excluding hydrogens is 176 g/mol. The smallest absolute Gasteiger partial charge is 0.0646 e. The first-order valence-electron chi connectivity index (χ1n) is 5.65. The SMILES string of the molecule is CCC(N)(CC)CNC1(C)CCOC1. The Bertz CT molecular complexity index is 168. The summed E-state index contributed by atoms with van der Waals surface area (Å²) < 4.78 is 5.39. The van der Waals surface area contributed by atoms with Gasteiger partial charge in [-0.2, -0.15) is 0 Å². The topological polar surface area (TPSA) is 47.3 Å². The lowest BCUT2D eigenvalue weighted by Gasteiger charge is -2.32. The lowest BCUT2D eigenvalue weighted by Crippen LogP contribution is -2.54. The van der Waals surface area contributed by atoms with Crippen LogP contribution in [0.1, 0.15) is 40.0 Å². The van der Waals surface area contributed by atoms with Crippen LogP contribution in [0.4, 0.5) is 0 Å². The second-order valence-electron chi connectivity index (χ2n) is 4.79. The van der Waals surface area contributed by atoms with Crippen LogP contribution in [0.25, 0.3) is 0 Å². The third-order valence-electron chi connectivity index (χ3n) is 3.49. The molecule has 1 rings (SSSR count). The summed E-state index contributed by atoms with van der Waals surface area (Å²) in [6.45, 7) is 9.10. The molecule has 1 saturated heterocycles. The number of nitrogens with one attached hydrogen (secondary N) is 1. The first kappa shape index (κ1) is 12.0. The molecule has 1 unspecified atom stereocenters. The highest BCUT2D eigenvalue weighted by Crippen LogP contribution is 2.19. The average Bonchev–Trinajstić information content (AvgIpc) is 2.63. The Hall–Kier alpha value is -0.120. The number of ether oxygens (including phenoxy) is 1. The second kappa shape index (κ2) is 4.60. The van der Waals surface area contributed by atoms with Crippen LogP contribution in [0.2, 0.25) is 0 Å². The summed E-state index contributed by atoms with van der Waals surface area (Å²) in [6, 6.07) is 0. The highest BCUT2D eigenvalue weighted by molar-refractivity contribution is 4.92. The third kappa shape index (κ3) is 2.94. The molecule has 0 aliphatic carbocycles. The minimum atomic E-state index is -0.0500. The molecule has 0 spiro atoms. The molecule has 0 aromatic carbocycles. The average molecular weight is 200 g/mol. The van der Waals surface area contributed by atoms with E-state index in [1.54, 1.807) is 0 Å². The zero-order valence-corrected chi connectivity index (χ0v) is 9.73. The molecule has 84 valence electrons. The zero-order valence-electron chi connectivity index (χ0n) is 9.73. The minimum Gasteiger partial charge on any atom is -0.379 e. The molecule has 3 N–H and O–H groups in total. The molecule has 0 amide bonds. The van der Waals surface area contributed by atoms with E-state index in [-0.39, 0.29) is 11.1 Å². The van der Waals surface area contributed by atoms with Crippen LogP contribution in [0, 0.1) is 0 Å². The van der Waals surface area contributed by atoms with Gasteiger partial charge in [0.1, 0.15) is 0 Å². The Morgan fingerprint density at radius 2 is 2.07 bits per heavy atom. The van der Waals surface area contributed by atoms with Crippen molar-refractivity contribution in [3.8, 4) is 0 Å². The number of rotatable bonds is 5. The number of hydrogen-bond acceptors (Lipinski definition) is 3. The fraction of sp³-hybridized carbons (Fsp3) is 1.00. The monoisotopic (exact) mass is 200 g/mol. The van der Waals surface area contributed by atoms with Crippen LogP contribution < -0.4 is 11.1 Å². The maximum absolute atomic E-state index is 6.23. The predicted molar refractivity (Wildman–Crippen MR) is 59.3 cm³/mol. The van der Waals surface area contributed by atoms with Crippen LogP contribution in [0.3, 0.4) is 0 Å². The lowest BCUT2D eigenvalue weighted by molar-refractivity contribution is 0.167. The van der Waals surface area contributed by atoms with Crippen LogP contribution in [0.5, 0.6) is 0 Å². The van der Waals surface area contributed by atoms with E-state index >= 15 is 0 Å². The van der Waals surface area contributed by atoms with E-state index in [0.29, 0.717) is 0 Å². The molecule has 0 aromatic heterocycles. The van der Waals surface area contributed by atoms with Crippen molar-refractivity contribution in [3.63, 3.8) is 0 Å². The van der Waals surface area contributed by atoms with Gasteiger partial charge in [-0.25, -0.2) is 0 Å². The fourth-order valence-corrected chi connectivity index (χ4v) is 1.70. The van der Waals surface area contributed by atoms with E-state index in [1.165, 1.54) is 0 Å². The number of hydrogen-bond donors (Lipinski definition) is 2. The van der Waals surface area contributed by atoms with Crippen molar-refractivity contribution >= 4 is 0 Å². The normalized spacial score (nSPS) is 28.3. The molecular formula is C11H24N2O. The van der Waals surface area contributed by atoms with Gasteiger partial charge in [0.05, 0.1) is 6.61 Å². The molecule has 0 aromatic rings.